The molecule has 0 atom stereocenters. The maximum Gasteiger partial charge on any atom is 0.262 e. The number of nitrogens with zero attached hydrogens (tertiary/aromatic N) is 2. The Balaban J connectivity index is 1.47. The fourth-order valence-corrected chi connectivity index (χ4v) is 5.40. The summed E-state index contributed by atoms with van der Waals surface area (Å²) in [6, 6.07) is 11.2. The van der Waals surface area contributed by atoms with Gasteiger partial charge in [0, 0.05) is 30.4 Å². The second-order valence-electron chi connectivity index (χ2n) is 6.94. The molecule has 0 bridgehead atoms. The number of pyridine rings is 1. The number of hydrogen-bond donors (Lipinski definition) is 1. The quantitative estimate of drug-likeness (QED) is 0.561. The number of sulfonamides is 1. The Bertz CT molecular complexity index is 1260. The highest BCUT2D eigenvalue weighted by atomic mass is 35.5. The van der Waals surface area contributed by atoms with Crippen molar-refractivity contribution in [2.75, 3.05) is 38.2 Å². The van der Waals surface area contributed by atoms with Gasteiger partial charge in [0.15, 0.2) is 6.61 Å². The number of benzene rings is 2. The van der Waals surface area contributed by atoms with Crippen molar-refractivity contribution >= 4 is 55.7 Å². The molecule has 4 rings (SSSR count). The van der Waals surface area contributed by atoms with Gasteiger partial charge in [0.1, 0.15) is 16.2 Å². The first kappa shape index (κ1) is 22.8. The molecule has 168 valence electrons. The molecule has 1 saturated heterocycles. The van der Waals surface area contributed by atoms with E-state index in [2.05, 4.69) is 10.3 Å². The molecular weight excluding hydrogens is 477 g/mol. The molecule has 0 saturated carbocycles. The number of nitrogens with one attached hydrogen (secondary N) is 1. The highest BCUT2D eigenvalue weighted by Gasteiger charge is 2.28. The van der Waals surface area contributed by atoms with Crippen molar-refractivity contribution in [2.45, 2.75) is 4.90 Å². The lowest BCUT2D eigenvalue weighted by molar-refractivity contribution is -0.118. The molecule has 1 amide bonds. The van der Waals surface area contributed by atoms with E-state index in [1.807, 2.05) is 6.07 Å². The smallest absolute Gasteiger partial charge is 0.262 e. The number of carbonyl (C=O) groups excluding carboxylic acids is 1. The van der Waals surface area contributed by atoms with Crippen molar-refractivity contribution in [1.82, 2.24) is 9.29 Å². The number of carbonyl (C=O) groups is 1. The van der Waals surface area contributed by atoms with Crippen molar-refractivity contribution in [2.24, 2.45) is 0 Å². The Morgan fingerprint density at radius 2 is 1.88 bits per heavy atom. The maximum atomic E-state index is 12.9. The topological polar surface area (TPSA) is 97.8 Å². The largest absolute Gasteiger partial charge is 0.481 e. The van der Waals surface area contributed by atoms with E-state index in [4.69, 9.17) is 32.7 Å². The molecule has 1 N–H and O–H groups in total. The molecule has 2 aromatic carbocycles. The predicted molar refractivity (Wildman–Crippen MR) is 122 cm³/mol. The van der Waals surface area contributed by atoms with Crippen molar-refractivity contribution in [3.8, 4) is 5.75 Å². The minimum Gasteiger partial charge on any atom is -0.481 e. The molecule has 0 spiro atoms. The van der Waals surface area contributed by atoms with Crippen LogP contribution < -0.4 is 10.1 Å². The van der Waals surface area contributed by atoms with E-state index in [9.17, 15) is 13.2 Å². The third-order valence-corrected chi connectivity index (χ3v) is 7.55. The van der Waals surface area contributed by atoms with E-state index < -0.39 is 15.9 Å². The predicted octanol–water partition coefficient (Wildman–Crippen LogP) is 3.58. The third-order valence-electron chi connectivity index (χ3n) is 4.84. The fourth-order valence-electron chi connectivity index (χ4n) is 3.27. The van der Waals surface area contributed by atoms with Gasteiger partial charge in [0.25, 0.3) is 5.91 Å². The van der Waals surface area contributed by atoms with Crippen LogP contribution in [0.25, 0.3) is 10.9 Å². The number of halogens is 2. The summed E-state index contributed by atoms with van der Waals surface area (Å²) >= 11 is 12.3. The molecule has 11 heteroatoms. The number of ether oxygens (including phenoxy) is 2. The van der Waals surface area contributed by atoms with Crippen LogP contribution in [0.15, 0.2) is 53.6 Å². The van der Waals surface area contributed by atoms with Crippen LogP contribution in [0.3, 0.4) is 0 Å². The molecule has 32 heavy (non-hydrogen) atoms. The highest BCUT2D eigenvalue weighted by molar-refractivity contribution is 7.89. The van der Waals surface area contributed by atoms with E-state index >= 15 is 0 Å². The van der Waals surface area contributed by atoms with E-state index in [0.717, 1.165) is 0 Å². The van der Waals surface area contributed by atoms with Crippen LogP contribution in [0.2, 0.25) is 10.0 Å². The monoisotopic (exact) mass is 495 g/mol. The molecule has 0 radical (unpaired) electrons. The van der Waals surface area contributed by atoms with Crippen molar-refractivity contribution in [1.29, 1.82) is 0 Å². The summed E-state index contributed by atoms with van der Waals surface area (Å²) in [4.78, 5) is 16.6. The number of aromatic nitrogens is 1. The molecule has 0 aliphatic carbocycles. The molecule has 0 unspecified atom stereocenters. The number of rotatable bonds is 6. The van der Waals surface area contributed by atoms with E-state index in [1.165, 1.54) is 22.5 Å². The van der Waals surface area contributed by atoms with Crippen LogP contribution in [-0.4, -0.2) is 56.5 Å². The van der Waals surface area contributed by atoms with Crippen LogP contribution in [-0.2, 0) is 19.6 Å². The van der Waals surface area contributed by atoms with Crippen LogP contribution in [0.1, 0.15) is 0 Å². The van der Waals surface area contributed by atoms with Crippen molar-refractivity contribution in [3.05, 3.63) is 58.7 Å². The second-order valence-corrected chi connectivity index (χ2v) is 9.66. The van der Waals surface area contributed by atoms with E-state index in [-0.39, 0.29) is 35.3 Å². The van der Waals surface area contributed by atoms with Crippen molar-refractivity contribution < 1.29 is 22.7 Å². The zero-order valence-electron chi connectivity index (χ0n) is 16.8. The van der Waals surface area contributed by atoms with Crippen LogP contribution in [0, 0.1) is 0 Å². The summed E-state index contributed by atoms with van der Waals surface area (Å²) in [6.07, 6.45) is 1.61. The number of fused-ring (bicyclic) bond motifs is 1. The zero-order valence-corrected chi connectivity index (χ0v) is 19.1. The maximum absolute atomic E-state index is 12.9. The number of anilines is 1. The Hall–Kier alpha value is -2.43. The average Bonchev–Trinajstić information content (AvgIpc) is 2.80. The fraction of sp³-hybridized carbons (Fsp3) is 0.238. The highest BCUT2D eigenvalue weighted by Crippen LogP contribution is 2.30. The second kappa shape index (κ2) is 9.60. The van der Waals surface area contributed by atoms with Gasteiger partial charge in [-0.25, -0.2) is 8.42 Å². The first-order valence-electron chi connectivity index (χ1n) is 9.69. The first-order valence-corrected chi connectivity index (χ1v) is 11.9. The van der Waals surface area contributed by atoms with Gasteiger partial charge >= 0.3 is 0 Å². The number of amides is 1. The van der Waals surface area contributed by atoms with Gasteiger partial charge in [0.05, 0.1) is 23.3 Å². The summed E-state index contributed by atoms with van der Waals surface area (Å²) in [5.41, 5.74) is 0.826. The van der Waals surface area contributed by atoms with Gasteiger partial charge in [-0.3, -0.25) is 9.78 Å². The molecule has 1 aliphatic rings. The van der Waals surface area contributed by atoms with Crippen LogP contribution in [0.4, 0.5) is 5.69 Å². The summed E-state index contributed by atoms with van der Waals surface area (Å²) < 4.78 is 38.0. The lowest BCUT2D eigenvalue weighted by Gasteiger charge is -2.26. The number of morpholine rings is 1. The normalized spacial score (nSPS) is 14.9. The zero-order chi connectivity index (χ0) is 22.7. The molecule has 8 nitrogen and oxygen atoms in total. The summed E-state index contributed by atoms with van der Waals surface area (Å²) in [5.74, 6) is -0.0621. The lowest BCUT2D eigenvalue weighted by atomic mass is 10.2. The summed E-state index contributed by atoms with van der Waals surface area (Å²) in [5, 5.41) is 3.95. The molecule has 1 aromatic heterocycles. The third kappa shape index (κ3) is 4.82. The van der Waals surface area contributed by atoms with Crippen molar-refractivity contribution in [3.63, 3.8) is 0 Å². The Morgan fingerprint density at radius 1 is 1.12 bits per heavy atom. The SMILES string of the molecule is O=C(COc1ccc(Cl)c2cccnc12)Nc1ccc(Cl)c(S(=O)(=O)N2CCOCC2)c1. The van der Waals surface area contributed by atoms with Gasteiger partial charge in [-0.15, -0.1) is 0 Å². The molecule has 1 aliphatic heterocycles. The van der Waals surface area contributed by atoms with Gasteiger partial charge in [0.2, 0.25) is 10.0 Å². The van der Waals surface area contributed by atoms with E-state index in [1.54, 1.807) is 24.4 Å². The van der Waals surface area contributed by atoms with Crippen LogP contribution >= 0.6 is 23.2 Å². The Labute approximate surface area is 195 Å². The molecular formula is C21H19Cl2N3O5S. The molecule has 3 aromatic rings. The average molecular weight is 496 g/mol. The summed E-state index contributed by atoms with van der Waals surface area (Å²) in [6.45, 7) is 0.817. The van der Waals surface area contributed by atoms with Gasteiger partial charge in [-0.05, 0) is 42.5 Å². The molecule has 1 fully saturated rings. The standard InChI is InChI=1S/C21H19Cl2N3O5S/c22-16-5-6-18(21-15(16)2-1-7-24-21)31-13-20(27)25-14-3-4-17(23)19(12-14)32(28,29)26-8-10-30-11-9-26/h1-7,12H,8-11,13H2,(H,25,27). The van der Waals surface area contributed by atoms with Gasteiger partial charge in [-0.2, -0.15) is 4.31 Å². The van der Waals surface area contributed by atoms with E-state index in [0.29, 0.717) is 34.9 Å². The minimum atomic E-state index is -3.82. The van der Waals surface area contributed by atoms with Gasteiger partial charge < -0.3 is 14.8 Å². The summed E-state index contributed by atoms with van der Waals surface area (Å²) in [7, 11) is -3.82. The van der Waals surface area contributed by atoms with Gasteiger partial charge in [-0.1, -0.05) is 23.2 Å². The van der Waals surface area contributed by atoms with Crippen LogP contribution in [0.5, 0.6) is 5.75 Å². The Kier molecular flexibility index (Phi) is 6.82. The lowest BCUT2D eigenvalue weighted by Crippen LogP contribution is -2.40. The first-order chi connectivity index (χ1) is 15.4. The minimum absolute atomic E-state index is 0.0736. The molecule has 2 heterocycles. The Morgan fingerprint density at radius 3 is 2.66 bits per heavy atom. The number of hydrogen-bond acceptors (Lipinski definition) is 6.